The minimum absolute atomic E-state index is 0.00667. The van der Waals surface area contributed by atoms with Gasteiger partial charge in [0.25, 0.3) is 0 Å². The highest BCUT2D eigenvalue weighted by molar-refractivity contribution is 7.90. The number of likely N-dealkylation sites (N-methyl/N-ethyl adjacent to an activating group) is 1. The first-order valence-electron chi connectivity index (χ1n) is 9.09. The first kappa shape index (κ1) is 22.4. The van der Waals surface area contributed by atoms with Crippen LogP contribution in [0.4, 0.5) is 13.2 Å². The fourth-order valence-electron chi connectivity index (χ4n) is 3.55. The molecule has 2 aliphatic heterocycles. The van der Waals surface area contributed by atoms with E-state index in [-0.39, 0.29) is 10.7 Å². The minimum Gasteiger partial charge on any atom is -0.475 e. The van der Waals surface area contributed by atoms with Crippen LogP contribution in [0.1, 0.15) is 32.6 Å². The van der Waals surface area contributed by atoms with Gasteiger partial charge in [0.2, 0.25) is 10.0 Å². The summed E-state index contributed by atoms with van der Waals surface area (Å²) in [5.74, 6) is -2.76. The smallest absolute Gasteiger partial charge is 0.475 e. The van der Waals surface area contributed by atoms with Crippen LogP contribution >= 0.6 is 0 Å². The molecular formula is C16H27F3N2O5S. The molecule has 0 radical (unpaired) electrons. The van der Waals surface area contributed by atoms with E-state index < -0.39 is 22.2 Å². The molecule has 1 saturated carbocycles. The molecule has 11 heteroatoms. The lowest BCUT2D eigenvalue weighted by atomic mass is 9.81. The van der Waals surface area contributed by atoms with Crippen LogP contribution in [0.25, 0.3) is 0 Å². The molecule has 1 unspecified atom stereocenters. The van der Waals surface area contributed by atoms with Crippen LogP contribution < -0.4 is 0 Å². The predicted molar refractivity (Wildman–Crippen MR) is 91.8 cm³/mol. The van der Waals surface area contributed by atoms with Gasteiger partial charge < -0.3 is 14.7 Å². The zero-order chi connectivity index (χ0) is 20.3. The van der Waals surface area contributed by atoms with Crippen LogP contribution in [0.5, 0.6) is 0 Å². The SMILES string of the molecule is CCN1CCOCC2(CCCN(S(=O)(=O)C3CC3)C2)C1.O=C(O)C(F)(F)F. The van der Waals surface area contributed by atoms with E-state index in [0.29, 0.717) is 19.7 Å². The summed E-state index contributed by atoms with van der Waals surface area (Å²) in [6.07, 6.45) is -1.33. The summed E-state index contributed by atoms with van der Waals surface area (Å²) in [6.45, 7) is 7.95. The summed E-state index contributed by atoms with van der Waals surface area (Å²) in [6, 6.07) is 0. The van der Waals surface area contributed by atoms with Gasteiger partial charge in [-0.05, 0) is 32.2 Å². The van der Waals surface area contributed by atoms with Crippen LogP contribution in [0.3, 0.4) is 0 Å². The van der Waals surface area contributed by atoms with Gasteiger partial charge in [-0.25, -0.2) is 17.5 Å². The van der Waals surface area contributed by atoms with Gasteiger partial charge in [0.1, 0.15) is 0 Å². The quantitative estimate of drug-likeness (QED) is 0.751. The Hall–Kier alpha value is -0.910. The van der Waals surface area contributed by atoms with Crippen molar-refractivity contribution >= 4 is 16.0 Å². The number of carbonyl (C=O) groups is 1. The monoisotopic (exact) mass is 416 g/mol. The molecule has 2 saturated heterocycles. The molecule has 1 aliphatic carbocycles. The molecule has 7 nitrogen and oxygen atoms in total. The summed E-state index contributed by atoms with van der Waals surface area (Å²) in [5.41, 5.74) is 0.00667. The Morgan fingerprint density at radius 1 is 1.26 bits per heavy atom. The van der Waals surface area contributed by atoms with Crippen molar-refractivity contribution in [2.24, 2.45) is 5.41 Å². The predicted octanol–water partition coefficient (Wildman–Crippen LogP) is 1.55. The Kier molecular flexibility index (Phi) is 7.15. The van der Waals surface area contributed by atoms with Crippen molar-refractivity contribution in [3.63, 3.8) is 0 Å². The summed E-state index contributed by atoms with van der Waals surface area (Å²) in [7, 11) is -3.04. The van der Waals surface area contributed by atoms with Crippen LogP contribution in [-0.2, 0) is 19.6 Å². The number of halogens is 3. The molecule has 0 bridgehead atoms. The second-order valence-electron chi connectivity index (χ2n) is 7.41. The standard InChI is InChI=1S/C14H26N2O3S.C2HF3O2/c1-2-15-8-9-19-12-14(10-15)6-3-7-16(11-14)20(17,18)13-4-5-13;3-2(4,5)1(6)7/h13H,2-12H2,1H3;(H,6,7). The maximum atomic E-state index is 12.5. The lowest BCUT2D eigenvalue weighted by Crippen LogP contribution is -2.52. The first-order valence-corrected chi connectivity index (χ1v) is 10.6. The number of carboxylic acid groups (broad SMARTS) is 1. The molecule has 1 spiro atoms. The van der Waals surface area contributed by atoms with Gasteiger partial charge in [0, 0.05) is 31.6 Å². The van der Waals surface area contributed by atoms with Crippen molar-refractivity contribution < 1.29 is 36.2 Å². The highest BCUT2D eigenvalue weighted by atomic mass is 32.2. The van der Waals surface area contributed by atoms with Crippen LogP contribution in [0, 0.1) is 5.41 Å². The zero-order valence-electron chi connectivity index (χ0n) is 15.4. The number of aliphatic carboxylic acids is 1. The average molecular weight is 416 g/mol. The third kappa shape index (κ3) is 6.03. The van der Waals surface area contributed by atoms with Crippen molar-refractivity contribution in [3.8, 4) is 0 Å². The van der Waals surface area contributed by atoms with Crippen LogP contribution in [0.2, 0.25) is 0 Å². The van der Waals surface area contributed by atoms with Gasteiger partial charge in [-0.2, -0.15) is 13.2 Å². The van der Waals surface area contributed by atoms with Crippen molar-refractivity contribution in [2.45, 2.75) is 44.0 Å². The summed E-state index contributed by atoms with van der Waals surface area (Å²) < 4.78 is 64.3. The van der Waals surface area contributed by atoms with E-state index in [9.17, 15) is 21.6 Å². The molecule has 1 N–H and O–H groups in total. The molecule has 0 aromatic heterocycles. The largest absolute Gasteiger partial charge is 0.490 e. The number of carboxylic acids is 1. The fraction of sp³-hybridized carbons (Fsp3) is 0.938. The molecule has 2 heterocycles. The third-order valence-corrected chi connectivity index (χ3v) is 7.49. The van der Waals surface area contributed by atoms with E-state index in [0.717, 1.165) is 51.9 Å². The number of nitrogens with zero attached hydrogens (tertiary/aromatic N) is 2. The number of sulfonamides is 1. The average Bonchev–Trinajstić information content (AvgIpc) is 3.43. The molecule has 0 amide bonds. The Balaban J connectivity index is 0.000000321. The zero-order valence-corrected chi connectivity index (χ0v) is 16.2. The van der Waals surface area contributed by atoms with Crippen LogP contribution in [-0.4, -0.2) is 86.1 Å². The second kappa shape index (κ2) is 8.62. The van der Waals surface area contributed by atoms with Crippen molar-refractivity contribution in [1.29, 1.82) is 0 Å². The summed E-state index contributed by atoms with van der Waals surface area (Å²) in [4.78, 5) is 11.3. The molecular weight excluding hydrogens is 389 g/mol. The van der Waals surface area contributed by atoms with Crippen molar-refractivity contribution in [3.05, 3.63) is 0 Å². The minimum atomic E-state index is -5.08. The summed E-state index contributed by atoms with van der Waals surface area (Å²) in [5, 5.41) is 7.03. The van der Waals surface area contributed by atoms with E-state index in [1.807, 2.05) is 0 Å². The number of hydrogen-bond acceptors (Lipinski definition) is 5. The summed E-state index contributed by atoms with van der Waals surface area (Å²) >= 11 is 0. The second-order valence-corrected chi connectivity index (χ2v) is 9.62. The maximum Gasteiger partial charge on any atom is 0.490 e. The number of ether oxygens (including phenoxy) is 1. The Labute approximate surface area is 157 Å². The molecule has 3 aliphatic rings. The molecule has 0 aromatic rings. The van der Waals surface area contributed by atoms with E-state index in [1.54, 1.807) is 4.31 Å². The fourth-order valence-corrected chi connectivity index (χ4v) is 5.55. The molecule has 3 fully saturated rings. The Bertz CT molecular complexity index is 624. The van der Waals surface area contributed by atoms with Gasteiger partial charge in [0.15, 0.2) is 0 Å². The third-order valence-electron chi connectivity index (χ3n) is 5.14. The van der Waals surface area contributed by atoms with E-state index in [4.69, 9.17) is 14.6 Å². The van der Waals surface area contributed by atoms with Gasteiger partial charge in [-0.3, -0.25) is 0 Å². The van der Waals surface area contributed by atoms with E-state index >= 15 is 0 Å². The van der Waals surface area contributed by atoms with Gasteiger partial charge in [-0.1, -0.05) is 6.92 Å². The van der Waals surface area contributed by atoms with Crippen LogP contribution in [0.15, 0.2) is 0 Å². The normalized spacial score (nSPS) is 28.3. The maximum absolute atomic E-state index is 12.5. The molecule has 0 aromatic carbocycles. The Morgan fingerprint density at radius 3 is 2.41 bits per heavy atom. The molecule has 158 valence electrons. The molecule has 27 heavy (non-hydrogen) atoms. The Morgan fingerprint density at radius 2 is 1.89 bits per heavy atom. The van der Waals surface area contributed by atoms with Gasteiger partial charge in [0.05, 0.1) is 18.5 Å². The molecule has 1 atom stereocenters. The number of hydrogen-bond donors (Lipinski definition) is 1. The van der Waals surface area contributed by atoms with Gasteiger partial charge >= 0.3 is 12.1 Å². The number of rotatable bonds is 3. The number of piperidine rings is 1. The topological polar surface area (TPSA) is 87.2 Å². The highest BCUT2D eigenvalue weighted by Gasteiger charge is 2.46. The van der Waals surface area contributed by atoms with E-state index in [2.05, 4.69) is 11.8 Å². The first-order chi connectivity index (χ1) is 12.5. The van der Waals surface area contributed by atoms with Crippen molar-refractivity contribution in [2.75, 3.05) is 45.9 Å². The van der Waals surface area contributed by atoms with Gasteiger partial charge in [-0.15, -0.1) is 0 Å². The van der Waals surface area contributed by atoms with Crippen molar-refractivity contribution in [1.82, 2.24) is 9.21 Å². The highest BCUT2D eigenvalue weighted by Crippen LogP contribution is 2.38. The molecule has 3 rings (SSSR count). The lowest BCUT2D eigenvalue weighted by Gasteiger charge is -2.43. The number of alkyl halides is 3. The lowest BCUT2D eigenvalue weighted by molar-refractivity contribution is -0.192. The van der Waals surface area contributed by atoms with E-state index in [1.165, 1.54) is 0 Å².